The minimum absolute atomic E-state index is 0.0461. The van der Waals surface area contributed by atoms with E-state index in [4.69, 9.17) is 21.4 Å². The van der Waals surface area contributed by atoms with Gasteiger partial charge in [-0.15, -0.1) is 11.3 Å². The Morgan fingerprint density at radius 1 is 1.39 bits per heavy atom. The average molecular weight is 462 g/mol. The van der Waals surface area contributed by atoms with Crippen molar-refractivity contribution in [3.63, 3.8) is 0 Å². The summed E-state index contributed by atoms with van der Waals surface area (Å²) in [5.74, 6) is -1.09. The summed E-state index contributed by atoms with van der Waals surface area (Å²) >= 11 is 7.62. The molecule has 3 aromatic rings. The normalized spacial score (nSPS) is 14.1. The van der Waals surface area contributed by atoms with Gasteiger partial charge in [-0.2, -0.15) is 0 Å². The third kappa shape index (κ3) is 4.46. The maximum absolute atomic E-state index is 12.8. The molecule has 3 aromatic heterocycles. The Hall–Kier alpha value is -2.42. The fraction of sp³-hybridized carbons (Fsp3) is 0.409. The molecule has 9 heteroatoms. The van der Waals surface area contributed by atoms with Gasteiger partial charge in [-0.25, -0.2) is 9.78 Å². The molecule has 4 rings (SSSR count). The highest BCUT2D eigenvalue weighted by Gasteiger charge is 2.30. The molecule has 0 aromatic carbocycles. The quantitative estimate of drug-likeness (QED) is 0.575. The Labute approximate surface area is 189 Å². The lowest BCUT2D eigenvalue weighted by Crippen LogP contribution is -2.39. The maximum Gasteiger partial charge on any atom is 0.335 e. The minimum atomic E-state index is -1.31. The Kier molecular flexibility index (Phi) is 6.05. The van der Waals surface area contributed by atoms with Gasteiger partial charge in [-0.3, -0.25) is 4.79 Å². The van der Waals surface area contributed by atoms with Gasteiger partial charge >= 0.3 is 5.97 Å². The number of hydrogen-bond donors (Lipinski definition) is 1. The van der Waals surface area contributed by atoms with E-state index in [1.165, 1.54) is 30.7 Å². The van der Waals surface area contributed by atoms with Crippen molar-refractivity contribution in [1.82, 2.24) is 14.5 Å². The first kappa shape index (κ1) is 21.8. The third-order valence-electron chi connectivity index (χ3n) is 5.62. The predicted octanol–water partition coefficient (Wildman–Crippen LogP) is 3.95. The molecule has 0 saturated heterocycles. The summed E-state index contributed by atoms with van der Waals surface area (Å²) in [6, 6.07) is 5.98. The van der Waals surface area contributed by atoms with Crippen LogP contribution >= 0.6 is 22.9 Å². The summed E-state index contributed by atoms with van der Waals surface area (Å²) < 4.78 is 8.32. The Morgan fingerprint density at radius 2 is 2.19 bits per heavy atom. The zero-order chi connectivity index (χ0) is 22.2. The van der Waals surface area contributed by atoms with E-state index in [2.05, 4.69) is 15.6 Å². The van der Waals surface area contributed by atoms with Crippen molar-refractivity contribution in [2.75, 3.05) is 13.2 Å². The van der Waals surface area contributed by atoms with Crippen LogP contribution in [-0.2, 0) is 33.8 Å². The summed E-state index contributed by atoms with van der Waals surface area (Å²) in [4.78, 5) is 30.4. The first-order chi connectivity index (χ1) is 14.8. The number of carbonyl (C=O) groups excluding carboxylic acids is 1. The molecule has 0 saturated carbocycles. The second-order valence-electron chi connectivity index (χ2n) is 8.12. The lowest BCUT2D eigenvalue weighted by molar-refractivity contribution is -0.162. The Balaban J connectivity index is 1.54. The molecule has 0 fully saturated rings. The fourth-order valence-corrected chi connectivity index (χ4v) is 4.77. The molecule has 0 aliphatic carbocycles. The van der Waals surface area contributed by atoms with Gasteiger partial charge in [0.05, 0.1) is 30.5 Å². The molecule has 0 bridgehead atoms. The monoisotopic (exact) mass is 461 g/mol. The molecule has 164 valence electrons. The lowest BCUT2D eigenvalue weighted by Gasteiger charge is -2.29. The van der Waals surface area contributed by atoms with Crippen molar-refractivity contribution >= 4 is 45.8 Å². The van der Waals surface area contributed by atoms with E-state index in [-0.39, 0.29) is 18.9 Å². The third-order valence-corrected chi connectivity index (χ3v) is 6.76. The molecule has 0 unspecified atom stereocenters. The zero-order valence-corrected chi connectivity index (χ0v) is 19.0. The van der Waals surface area contributed by atoms with Crippen LogP contribution in [0.1, 0.15) is 37.1 Å². The predicted molar refractivity (Wildman–Crippen MR) is 120 cm³/mol. The molecule has 1 aliphatic heterocycles. The van der Waals surface area contributed by atoms with Gasteiger partial charge in [0.25, 0.3) is 0 Å². The average Bonchev–Trinajstić information content (AvgIpc) is 3.29. The molecule has 0 radical (unpaired) electrons. The summed E-state index contributed by atoms with van der Waals surface area (Å²) in [5.41, 5.74) is 3.03. The van der Waals surface area contributed by atoms with E-state index >= 15 is 0 Å². The van der Waals surface area contributed by atoms with Crippen molar-refractivity contribution in [1.29, 1.82) is 0 Å². The smallest absolute Gasteiger partial charge is 0.335 e. The summed E-state index contributed by atoms with van der Waals surface area (Å²) in [7, 11) is 0. The van der Waals surface area contributed by atoms with Crippen LogP contribution in [0.5, 0.6) is 0 Å². The van der Waals surface area contributed by atoms with E-state index in [1.54, 1.807) is 6.20 Å². The number of aromatic nitrogens is 2. The lowest BCUT2D eigenvalue weighted by atomic mass is 10.0. The van der Waals surface area contributed by atoms with Crippen molar-refractivity contribution in [2.24, 2.45) is 0 Å². The number of amides is 1. The summed E-state index contributed by atoms with van der Waals surface area (Å²) in [5, 5.41) is 12.3. The molecular weight excluding hydrogens is 438 g/mol. The molecule has 31 heavy (non-hydrogen) atoms. The Bertz CT molecular complexity index is 1140. The number of nitrogens with zero attached hydrogens (tertiary/aromatic N) is 3. The van der Waals surface area contributed by atoms with Crippen LogP contribution in [0.25, 0.3) is 11.0 Å². The van der Waals surface area contributed by atoms with E-state index in [0.29, 0.717) is 19.6 Å². The van der Waals surface area contributed by atoms with Crippen LogP contribution in [0, 0.1) is 0 Å². The second-order valence-corrected chi connectivity index (χ2v) is 9.67. The summed E-state index contributed by atoms with van der Waals surface area (Å²) in [6.45, 7) is 4.78. The van der Waals surface area contributed by atoms with Crippen molar-refractivity contribution < 1.29 is 19.4 Å². The van der Waals surface area contributed by atoms with Crippen molar-refractivity contribution in [3.05, 3.63) is 50.9 Å². The first-order valence-electron chi connectivity index (χ1n) is 10.1. The highest BCUT2D eigenvalue weighted by atomic mass is 35.5. The molecule has 4 heterocycles. The molecule has 1 aliphatic rings. The fourth-order valence-electron chi connectivity index (χ4n) is 3.87. The highest BCUT2D eigenvalue weighted by Crippen LogP contribution is 2.31. The van der Waals surface area contributed by atoms with Gasteiger partial charge in [0.2, 0.25) is 5.91 Å². The van der Waals surface area contributed by atoms with E-state index in [9.17, 15) is 9.59 Å². The minimum Gasteiger partial charge on any atom is -0.479 e. The zero-order valence-electron chi connectivity index (χ0n) is 17.4. The number of hydrogen-bond acceptors (Lipinski definition) is 5. The molecule has 1 N–H and O–H groups in total. The number of halogens is 1. The molecule has 7 nitrogen and oxygen atoms in total. The molecular formula is C22H24ClN3O4S. The molecule has 0 spiro atoms. The van der Waals surface area contributed by atoms with E-state index in [0.717, 1.165) is 33.0 Å². The first-order valence-corrected chi connectivity index (χ1v) is 11.3. The van der Waals surface area contributed by atoms with Crippen LogP contribution in [-0.4, -0.2) is 50.2 Å². The standard InChI is InChI=1S/C22H24ClN3O4S/c1-22(2,21(28)29)30-9-6-19(27)25-8-5-15-16-4-3-7-24-20(16)26(17(15)12-25)11-14-10-18(23)31-13-14/h3-4,7,10,13H,5-6,8-9,11-12H2,1-2H3,(H,28,29). The van der Waals surface area contributed by atoms with E-state index < -0.39 is 11.6 Å². The summed E-state index contributed by atoms with van der Waals surface area (Å²) in [6.07, 6.45) is 2.68. The van der Waals surface area contributed by atoms with Crippen molar-refractivity contribution in [2.45, 2.75) is 45.4 Å². The number of pyridine rings is 1. The van der Waals surface area contributed by atoms with Gasteiger partial charge in [-0.05, 0) is 55.0 Å². The van der Waals surface area contributed by atoms with Gasteiger partial charge < -0.3 is 19.3 Å². The highest BCUT2D eigenvalue weighted by molar-refractivity contribution is 7.14. The van der Waals surface area contributed by atoms with Crippen molar-refractivity contribution in [3.8, 4) is 0 Å². The largest absolute Gasteiger partial charge is 0.479 e. The van der Waals surface area contributed by atoms with Gasteiger partial charge in [0.1, 0.15) is 5.65 Å². The van der Waals surface area contributed by atoms with Crippen LogP contribution in [0.15, 0.2) is 29.8 Å². The Morgan fingerprint density at radius 3 is 2.90 bits per heavy atom. The SMILES string of the molecule is CC(C)(OCCC(=O)N1CCc2c(n(Cc3csc(Cl)c3)c3ncccc23)C1)C(=O)O. The van der Waals surface area contributed by atoms with Crippen LogP contribution < -0.4 is 0 Å². The van der Waals surface area contributed by atoms with Gasteiger partial charge in [-0.1, -0.05) is 11.6 Å². The maximum atomic E-state index is 12.8. The van der Waals surface area contributed by atoms with Crippen LogP contribution in [0.2, 0.25) is 4.34 Å². The number of aliphatic carboxylic acids is 1. The van der Waals surface area contributed by atoms with Gasteiger partial charge in [0.15, 0.2) is 5.60 Å². The number of ether oxygens (including phenoxy) is 1. The molecule has 1 amide bonds. The second kappa shape index (κ2) is 8.61. The topological polar surface area (TPSA) is 84.7 Å². The van der Waals surface area contributed by atoms with E-state index in [1.807, 2.05) is 22.4 Å². The number of thiophene rings is 1. The number of carbonyl (C=O) groups is 2. The number of carboxylic acid groups (broad SMARTS) is 1. The number of rotatable bonds is 7. The number of fused-ring (bicyclic) bond motifs is 3. The van der Waals surface area contributed by atoms with Crippen LogP contribution in [0.3, 0.4) is 0 Å². The van der Waals surface area contributed by atoms with Crippen LogP contribution in [0.4, 0.5) is 0 Å². The molecule has 0 atom stereocenters. The number of carboxylic acids is 1. The van der Waals surface area contributed by atoms with Gasteiger partial charge in [0, 0.05) is 23.8 Å².